The quantitative estimate of drug-likeness (QED) is 0.808. The molecule has 0 aliphatic carbocycles. The van der Waals surface area contributed by atoms with Crippen molar-refractivity contribution >= 4 is 32.7 Å². The minimum atomic E-state index is -0.198. The smallest absolute Gasteiger partial charge is 0.258 e. The molecule has 0 atom stereocenters. The number of carbonyl (C=O) groups excluding carboxylic acids is 1. The zero-order chi connectivity index (χ0) is 14.5. The van der Waals surface area contributed by atoms with E-state index in [1.165, 1.54) is 0 Å². The van der Waals surface area contributed by atoms with Gasteiger partial charge in [0.2, 0.25) is 5.88 Å². The molecular formula is C13H16BrN3O3. The number of halogens is 1. The van der Waals surface area contributed by atoms with Crippen LogP contribution in [0.4, 0.5) is 0 Å². The first-order chi connectivity index (χ1) is 9.61. The summed E-state index contributed by atoms with van der Waals surface area (Å²) >= 11 is 3.41. The van der Waals surface area contributed by atoms with E-state index in [9.17, 15) is 4.79 Å². The van der Waals surface area contributed by atoms with Crippen LogP contribution in [-0.2, 0) is 16.6 Å². The highest BCUT2D eigenvalue weighted by Crippen LogP contribution is 2.27. The van der Waals surface area contributed by atoms with Gasteiger partial charge < -0.3 is 14.8 Å². The van der Waals surface area contributed by atoms with Crippen molar-refractivity contribution in [3.8, 4) is 5.88 Å². The van der Waals surface area contributed by atoms with Gasteiger partial charge in [0.15, 0.2) is 6.61 Å². The predicted octanol–water partition coefficient (Wildman–Crippen LogP) is 1.48. The first kappa shape index (κ1) is 14.8. The number of fused-ring (bicyclic) bond motifs is 1. The molecule has 0 aliphatic heterocycles. The molecule has 0 unspecified atom stereocenters. The number of benzene rings is 1. The summed E-state index contributed by atoms with van der Waals surface area (Å²) in [7, 11) is 3.42. The lowest BCUT2D eigenvalue weighted by Gasteiger charge is -2.05. The lowest BCUT2D eigenvalue weighted by molar-refractivity contribution is -0.123. The molecule has 1 heterocycles. The molecular weight excluding hydrogens is 326 g/mol. The Morgan fingerprint density at radius 2 is 2.30 bits per heavy atom. The van der Waals surface area contributed by atoms with Gasteiger partial charge in [0.25, 0.3) is 5.91 Å². The molecule has 1 amide bonds. The van der Waals surface area contributed by atoms with E-state index in [1.807, 2.05) is 25.2 Å². The largest absolute Gasteiger partial charge is 0.466 e. The molecule has 0 saturated carbocycles. The topological polar surface area (TPSA) is 65.4 Å². The van der Waals surface area contributed by atoms with E-state index in [4.69, 9.17) is 9.47 Å². The average molecular weight is 342 g/mol. The monoisotopic (exact) mass is 341 g/mol. The lowest BCUT2D eigenvalue weighted by atomic mass is 10.2. The van der Waals surface area contributed by atoms with Crippen LogP contribution in [-0.4, -0.2) is 42.6 Å². The average Bonchev–Trinajstić information content (AvgIpc) is 2.73. The minimum absolute atomic E-state index is 0.0671. The standard InChI is InChI=1S/C13H16BrN3O3/c1-17-11-4-3-9(14)7-10(11)13(16-17)20-8-12(18)15-5-6-19-2/h3-4,7H,5-6,8H2,1-2H3,(H,15,18). The molecule has 0 fully saturated rings. The molecule has 2 rings (SSSR count). The van der Waals surface area contributed by atoms with Gasteiger partial charge in [-0.15, -0.1) is 5.10 Å². The SMILES string of the molecule is COCCNC(=O)COc1nn(C)c2ccc(Br)cc12. The fourth-order valence-electron chi connectivity index (χ4n) is 1.79. The fourth-order valence-corrected chi connectivity index (χ4v) is 2.15. The molecule has 1 aromatic heterocycles. The summed E-state index contributed by atoms with van der Waals surface area (Å²) in [6.45, 7) is 0.876. The summed E-state index contributed by atoms with van der Waals surface area (Å²) < 4.78 is 13.0. The first-order valence-corrected chi connectivity index (χ1v) is 6.92. The van der Waals surface area contributed by atoms with Crippen molar-refractivity contribution in [1.82, 2.24) is 15.1 Å². The normalized spacial score (nSPS) is 10.8. The Kier molecular flexibility index (Phi) is 4.97. The van der Waals surface area contributed by atoms with Crippen molar-refractivity contribution < 1.29 is 14.3 Å². The van der Waals surface area contributed by atoms with Crippen LogP contribution in [0.1, 0.15) is 0 Å². The molecule has 20 heavy (non-hydrogen) atoms. The van der Waals surface area contributed by atoms with Gasteiger partial charge in [0.1, 0.15) is 0 Å². The van der Waals surface area contributed by atoms with Gasteiger partial charge in [-0.2, -0.15) is 0 Å². The van der Waals surface area contributed by atoms with Crippen LogP contribution in [0, 0.1) is 0 Å². The number of carbonyl (C=O) groups is 1. The van der Waals surface area contributed by atoms with Crippen molar-refractivity contribution in [2.45, 2.75) is 0 Å². The van der Waals surface area contributed by atoms with Crippen molar-refractivity contribution in [1.29, 1.82) is 0 Å². The van der Waals surface area contributed by atoms with Crippen LogP contribution in [0.5, 0.6) is 5.88 Å². The van der Waals surface area contributed by atoms with E-state index in [0.29, 0.717) is 19.0 Å². The molecule has 1 aromatic carbocycles. The molecule has 0 aliphatic rings. The van der Waals surface area contributed by atoms with E-state index < -0.39 is 0 Å². The Morgan fingerprint density at radius 3 is 3.05 bits per heavy atom. The Morgan fingerprint density at radius 1 is 1.50 bits per heavy atom. The number of rotatable bonds is 6. The third-order valence-corrected chi connectivity index (χ3v) is 3.24. The summed E-state index contributed by atoms with van der Waals surface area (Å²) in [6, 6.07) is 5.80. The van der Waals surface area contributed by atoms with Gasteiger partial charge in [0.05, 0.1) is 17.5 Å². The Hall–Kier alpha value is -1.60. The molecule has 2 aromatic rings. The van der Waals surface area contributed by atoms with Gasteiger partial charge in [0, 0.05) is 25.2 Å². The molecule has 1 N–H and O–H groups in total. The molecule has 6 nitrogen and oxygen atoms in total. The molecule has 0 radical (unpaired) electrons. The second-order valence-electron chi connectivity index (χ2n) is 4.22. The molecule has 0 spiro atoms. The number of nitrogens with zero attached hydrogens (tertiary/aromatic N) is 2. The molecule has 108 valence electrons. The van der Waals surface area contributed by atoms with Gasteiger partial charge in [-0.25, -0.2) is 0 Å². The van der Waals surface area contributed by atoms with Crippen LogP contribution in [0.2, 0.25) is 0 Å². The maximum Gasteiger partial charge on any atom is 0.258 e. The highest BCUT2D eigenvalue weighted by Gasteiger charge is 2.11. The van der Waals surface area contributed by atoms with Crippen LogP contribution < -0.4 is 10.1 Å². The summed E-state index contributed by atoms with van der Waals surface area (Å²) in [4.78, 5) is 11.6. The number of hydrogen-bond donors (Lipinski definition) is 1. The van der Waals surface area contributed by atoms with Crippen LogP contribution in [0.15, 0.2) is 22.7 Å². The number of hydrogen-bond acceptors (Lipinski definition) is 4. The minimum Gasteiger partial charge on any atom is -0.466 e. The number of methoxy groups -OCH3 is 1. The summed E-state index contributed by atoms with van der Waals surface area (Å²) in [5, 5.41) is 7.82. The summed E-state index contributed by atoms with van der Waals surface area (Å²) in [6.07, 6.45) is 0. The third-order valence-electron chi connectivity index (χ3n) is 2.75. The van der Waals surface area contributed by atoms with Crippen molar-refractivity contribution in [2.24, 2.45) is 7.05 Å². The number of amides is 1. The van der Waals surface area contributed by atoms with Crippen molar-refractivity contribution in [3.63, 3.8) is 0 Å². The van der Waals surface area contributed by atoms with Crippen LogP contribution in [0.3, 0.4) is 0 Å². The molecule has 0 saturated heterocycles. The second kappa shape index (κ2) is 6.71. The summed E-state index contributed by atoms with van der Waals surface area (Å²) in [5.74, 6) is 0.251. The Labute approximate surface area is 125 Å². The fraction of sp³-hybridized carbons (Fsp3) is 0.385. The number of aromatic nitrogens is 2. The van der Waals surface area contributed by atoms with Crippen molar-refractivity contribution in [3.05, 3.63) is 22.7 Å². The van der Waals surface area contributed by atoms with Gasteiger partial charge in [-0.05, 0) is 18.2 Å². The van der Waals surface area contributed by atoms with E-state index >= 15 is 0 Å². The van der Waals surface area contributed by atoms with Crippen molar-refractivity contribution in [2.75, 3.05) is 26.9 Å². The second-order valence-corrected chi connectivity index (χ2v) is 5.14. The van der Waals surface area contributed by atoms with E-state index in [1.54, 1.807) is 11.8 Å². The molecule has 0 bridgehead atoms. The maximum absolute atomic E-state index is 11.6. The maximum atomic E-state index is 11.6. The van der Waals surface area contributed by atoms with E-state index in [0.717, 1.165) is 15.4 Å². The van der Waals surface area contributed by atoms with Gasteiger partial charge >= 0.3 is 0 Å². The molecule has 7 heteroatoms. The van der Waals surface area contributed by atoms with Gasteiger partial charge in [-0.1, -0.05) is 15.9 Å². The van der Waals surface area contributed by atoms with Crippen LogP contribution >= 0.6 is 15.9 Å². The lowest BCUT2D eigenvalue weighted by Crippen LogP contribution is -2.31. The van der Waals surface area contributed by atoms with E-state index in [2.05, 4.69) is 26.3 Å². The zero-order valence-electron chi connectivity index (χ0n) is 11.4. The van der Waals surface area contributed by atoms with Gasteiger partial charge in [-0.3, -0.25) is 9.48 Å². The summed E-state index contributed by atoms with van der Waals surface area (Å²) in [5.41, 5.74) is 0.947. The predicted molar refractivity (Wildman–Crippen MR) is 78.8 cm³/mol. The highest BCUT2D eigenvalue weighted by atomic mass is 79.9. The highest BCUT2D eigenvalue weighted by molar-refractivity contribution is 9.10. The number of ether oxygens (including phenoxy) is 2. The number of nitrogens with one attached hydrogen (secondary N) is 1. The van der Waals surface area contributed by atoms with E-state index in [-0.39, 0.29) is 12.5 Å². The number of aryl methyl sites for hydroxylation is 1. The Bertz CT molecular complexity index is 612. The zero-order valence-corrected chi connectivity index (χ0v) is 12.9. The van der Waals surface area contributed by atoms with Crippen LogP contribution in [0.25, 0.3) is 10.9 Å². The first-order valence-electron chi connectivity index (χ1n) is 6.12. The third kappa shape index (κ3) is 3.49. The Balaban J connectivity index is 2.03.